The topological polar surface area (TPSA) is 108 Å². The Labute approximate surface area is 132 Å². The quantitative estimate of drug-likeness (QED) is 0.653. The summed E-state index contributed by atoms with van der Waals surface area (Å²) >= 11 is 0. The molecule has 1 aliphatic heterocycles. The highest BCUT2D eigenvalue weighted by Gasteiger charge is 2.37. The molecule has 1 heterocycles. The summed E-state index contributed by atoms with van der Waals surface area (Å²) in [5, 5.41) is 0. The number of nitrogens with zero attached hydrogens (tertiary/aromatic N) is 1. The molecule has 0 saturated carbocycles. The van der Waals surface area contributed by atoms with E-state index in [1.165, 1.54) is 27.4 Å². The Bertz CT molecular complexity index is 710. The van der Waals surface area contributed by atoms with E-state index in [4.69, 9.17) is 19.9 Å². The standard InChI is InChI=1S/C15H16N2O6/c1-21-10-5-4-8(12(22-2)13(10)23-3)6-9-7-11(18)17(14(9)19)15(16)20/h4-6H,7H2,1-3H3,(H2,16,20)/b9-6+. The maximum Gasteiger partial charge on any atom is 0.328 e. The lowest BCUT2D eigenvalue weighted by molar-refractivity contribution is -0.133. The van der Waals surface area contributed by atoms with Crippen molar-refractivity contribution < 1.29 is 28.6 Å². The molecular formula is C15H16N2O6. The first kappa shape index (κ1) is 16.3. The molecular weight excluding hydrogens is 304 g/mol. The summed E-state index contributed by atoms with van der Waals surface area (Å²) in [6.07, 6.45) is 1.25. The van der Waals surface area contributed by atoms with Crippen molar-refractivity contribution in [3.63, 3.8) is 0 Å². The highest BCUT2D eigenvalue weighted by Crippen LogP contribution is 2.41. The van der Waals surface area contributed by atoms with E-state index >= 15 is 0 Å². The van der Waals surface area contributed by atoms with E-state index in [2.05, 4.69) is 0 Å². The predicted molar refractivity (Wildman–Crippen MR) is 80.1 cm³/mol. The normalized spacial score (nSPS) is 16.0. The van der Waals surface area contributed by atoms with Gasteiger partial charge in [-0.25, -0.2) is 4.79 Å². The number of amides is 4. The van der Waals surface area contributed by atoms with Gasteiger partial charge in [0.1, 0.15) is 0 Å². The highest BCUT2D eigenvalue weighted by atomic mass is 16.5. The summed E-state index contributed by atoms with van der Waals surface area (Å²) in [6.45, 7) is 0. The predicted octanol–water partition coefficient (Wildman–Crippen LogP) is 0.933. The molecule has 8 heteroatoms. The van der Waals surface area contributed by atoms with Crippen LogP contribution in [-0.4, -0.2) is 44.1 Å². The minimum absolute atomic E-state index is 0.138. The molecule has 0 aliphatic carbocycles. The Balaban J connectivity index is 2.50. The third kappa shape index (κ3) is 2.83. The van der Waals surface area contributed by atoms with Crippen molar-refractivity contribution >= 4 is 23.9 Å². The number of ether oxygens (including phenoxy) is 3. The third-order valence-corrected chi connectivity index (χ3v) is 3.35. The lowest BCUT2D eigenvalue weighted by atomic mass is 10.1. The highest BCUT2D eigenvalue weighted by molar-refractivity contribution is 6.23. The Hall–Kier alpha value is -3.03. The molecule has 1 aromatic rings. The van der Waals surface area contributed by atoms with Gasteiger partial charge in [-0.3, -0.25) is 9.59 Å². The number of benzene rings is 1. The van der Waals surface area contributed by atoms with Crippen LogP contribution in [0.15, 0.2) is 17.7 Å². The number of imide groups is 3. The van der Waals surface area contributed by atoms with Crippen molar-refractivity contribution in [3.8, 4) is 17.2 Å². The smallest absolute Gasteiger partial charge is 0.328 e. The molecule has 23 heavy (non-hydrogen) atoms. The number of hydrogen-bond donors (Lipinski definition) is 1. The van der Waals surface area contributed by atoms with Crippen LogP contribution in [-0.2, 0) is 9.59 Å². The fraction of sp³-hybridized carbons (Fsp3) is 0.267. The van der Waals surface area contributed by atoms with Gasteiger partial charge in [0.2, 0.25) is 11.7 Å². The summed E-state index contributed by atoms with van der Waals surface area (Å²) in [7, 11) is 4.38. The van der Waals surface area contributed by atoms with E-state index in [0.717, 1.165) is 0 Å². The molecule has 1 fully saturated rings. The third-order valence-electron chi connectivity index (χ3n) is 3.35. The Morgan fingerprint density at radius 3 is 2.26 bits per heavy atom. The first-order chi connectivity index (χ1) is 10.9. The molecule has 8 nitrogen and oxygen atoms in total. The van der Waals surface area contributed by atoms with Gasteiger partial charge < -0.3 is 19.9 Å². The van der Waals surface area contributed by atoms with Crippen molar-refractivity contribution in [2.45, 2.75) is 6.42 Å². The van der Waals surface area contributed by atoms with Gasteiger partial charge in [0.25, 0.3) is 5.91 Å². The Morgan fingerprint density at radius 2 is 1.78 bits per heavy atom. The number of urea groups is 1. The van der Waals surface area contributed by atoms with E-state index in [-0.39, 0.29) is 12.0 Å². The summed E-state index contributed by atoms with van der Waals surface area (Å²) in [5.41, 5.74) is 5.68. The van der Waals surface area contributed by atoms with Crippen LogP contribution >= 0.6 is 0 Å². The maximum absolute atomic E-state index is 12.1. The first-order valence-electron chi connectivity index (χ1n) is 6.60. The van der Waals surface area contributed by atoms with Crippen LogP contribution in [0.3, 0.4) is 0 Å². The zero-order valence-corrected chi connectivity index (χ0v) is 12.9. The van der Waals surface area contributed by atoms with E-state index < -0.39 is 17.8 Å². The summed E-state index contributed by atoms with van der Waals surface area (Å²) in [4.78, 5) is 35.3. The van der Waals surface area contributed by atoms with Crippen molar-refractivity contribution in [1.29, 1.82) is 0 Å². The maximum atomic E-state index is 12.1. The van der Waals surface area contributed by atoms with Crippen LogP contribution in [0.5, 0.6) is 17.2 Å². The van der Waals surface area contributed by atoms with Crippen LogP contribution in [0.4, 0.5) is 4.79 Å². The van der Waals surface area contributed by atoms with E-state index in [0.29, 0.717) is 27.7 Å². The number of methoxy groups -OCH3 is 3. The Kier molecular flexibility index (Phi) is 4.54. The average Bonchev–Trinajstić information content (AvgIpc) is 2.80. The number of hydrogen-bond acceptors (Lipinski definition) is 6. The molecule has 122 valence electrons. The molecule has 0 unspecified atom stereocenters. The van der Waals surface area contributed by atoms with E-state index in [1.54, 1.807) is 12.1 Å². The van der Waals surface area contributed by atoms with Gasteiger partial charge in [-0.2, -0.15) is 4.90 Å². The first-order valence-corrected chi connectivity index (χ1v) is 6.60. The molecule has 2 N–H and O–H groups in total. The van der Waals surface area contributed by atoms with Gasteiger partial charge >= 0.3 is 6.03 Å². The minimum Gasteiger partial charge on any atom is -0.493 e. The molecule has 0 radical (unpaired) electrons. The molecule has 0 atom stereocenters. The van der Waals surface area contributed by atoms with Crippen LogP contribution in [0.1, 0.15) is 12.0 Å². The average molecular weight is 320 g/mol. The second-order valence-corrected chi connectivity index (χ2v) is 4.64. The summed E-state index contributed by atoms with van der Waals surface area (Å²) in [6, 6.07) is 2.20. The fourth-order valence-corrected chi connectivity index (χ4v) is 2.34. The van der Waals surface area contributed by atoms with Gasteiger partial charge in [-0.05, 0) is 18.2 Å². The van der Waals surface area contributed by atoms with Gasteiger partial charge in [-0.15, -0.1) is 0 Å². The van der Waals surface area contributed by atoms with Gasteiger partial charge in [-0.1, -0.05) is 0 Å². The molecule has 1 aromatic carbocycles. The van der Waals surface area contributed by atoms with Crippen molar-refractivity contribution in [3.05, 3.63) is 23.3 Å². The molecule has 0 bridgehead atoms. The number of likely N-dealkylation sites (tertiary alicyclic amines) is 1. The molecule has 1 saturated heterocycles. The second-order valence-electron chi connectivity index (χ2n) is 4.64. The molecule has 4 amide bonds. The van der Waals surface area contributed by atoms with Crippen LogP contribution in [0.2, 0.25) is 0 Å². The lowest BCUT2D eigenvalue weighted by Crippen LogP contribution is -2.39. The SMILES string of the molecule is COc1ccc(/C=C2\CC(=O)N(C(N)=O)C2=O)c(OC)c1OC. The number of rotatable bonds is 4. The zero-order valence-electron chi connectivity index (χ0n) is 12.9. The van der Waals surface area contributed by atoms with Gasteiger partial charge in [0, 0.05) is 11.1 Å². The zero-order chi connectivity index (χ0) is 17.1. The monoisotopic (exact) mass is 320 g/mol. The Morgan fingerprint density at radius 1 is 1.13 bits per heavy atom. The van der Waals surface area contributed by atoms with Crippen molar-refractivity contribution in [2.24, 2.45) is 5.73 Å². The van der Waals surface area contributed by atoms with Crippen molar-refractivity contribution in [2.75, 3.05) is 21.3 Å². The minimum atomic E-state index is -1.09. The molecule has 0 spiro atoms. The number of nitrogens with two attached hydrogens (primary N) is 1. The fourth-order valence-electron chi connectivity index (χ4n) is 2.34. The van der Waals surface area contributed by atoms with Gasteiger partial charge in [0.15, 0.2) is 11.5 Å². The van der Waals surface area contributed by atoms with E-state index in [9.17, 15) is 14.4 Å². The molecule has 2 rings (SSSR count). The van der Waals surface area contributed by atoms with E-state index in [1.807, 2.05) is 0 Å². The summed E-state index contributed by atoms with van der Waals surface area (Å²) < 4.78 is 15.7. The largest absolute Gasteiger partial charge is 0.493 e. The number of carbonyl (C=O) groups excluding carboxylic acids is 3. The number of primary amides is 1. The second kappa shape index (κ2) is 6.39. The van der Waals surface area contributed by atoms with Crippen molar-refractivity contribution in [1.82, 2.24) is 4.90 Å². The molecule has 1 aliphatic rings. The van der Waals surface area contributed by atoms with Crippen LogP contribution < -0.4 is 19.9 Å². The van der Waals surface area contributed by atoms with Gasteiger partial charge in [0.05, 0.1) is 27.8 Å². The van der Waals surface area contributed by atoms with Crippen LogP contribution in [0, 0.1) is 0 Å². The lowest BCUT2D eigenvalue weighted by Gasteiger charge is -2.14. The number of carbonyl (C=O) groups is 3. The molecule has 0 aromatic heterocycles. The summed E-state index contributed by atoms with van der Waals surface area (Å²) in [5.74, 6) is -0.239. The van der Waals surface area contributed by atoms with Crippen LogP contribution in [0.25, 0.3) is 6.08 Å².